The number of aryl methyl sites for hydroxylation is 1. The van der Waals surface area contributed by atoms with Gasteiger partial charge in [-0.05, 0) is 52.2 Å². The van der Waals surface area contributed by atoms with Crippen molar-refractivity contribution >= 4 is 6.09 Å². The lowest BCUT2D eigenvalue weighted by atomic mass is 10.0. The van der Waals surface area contributed by atoms with Crippen molar-refractivity contribution in [1.82, 2.24) is 10.6 Å². The van der Waals surface area contributed by atoms with Crippen LogP contribution in [-0.4, -0.2) is 24.3 Å². The highest BCUT2D eigenvalue weighted by atomic mass is 16.6. The van der Waals surface area contributed by atoms with Crippen molar-refractivity contribution in [3.8, 4) is 0 Å². The van der Waals surface area contributed by atoms with E-state index < -0.39 is 5.60 Å². The van der Waals surface area contributed by atoms with Crippen LogP contribution in [0.5, 0.6) is 0 Å². The molecule has 1 aromatic rings. The Labute approximate surface area is 134 Å². The molecule has 0 aliphatic rings. The van der Waals surface area contributed by atoms with E-state index in [-0.39, 0.29) is 18.2 Å². The average molecular weight is 306 g/mol. The summed E-state index contributed by atoms with van der Waals surface area (Å²) < 4.78 is 5.30. The maximum Gasteiger partial charge on any atom is 0.407 e. The van der Waals surface area contributed by atoms with E-state index in [0.717, 1.165) is 6.42 Å². The molecule has 22 heavy (non-hydrogen) atoms. The van der Waals surface area contributed by atoms with E-state index in [1.54, 1.807) is 0 Å². The van der Waals surface area contributed by atoms with Crippen molar-refractivity contribution in [1.29, 1.82) is 0 Å². The summed E-state index contributed by atoms with van der Waals surface area (Å²) in [7, 11) is 0. The number of carbonyl (C=O) groups is 1. The topological polar surface area (TPSA) is 50.4 Å². The Balaban J connectivity index is 2.50. The molecule has 0 saturated heterocycles. The zero-order valence-electron chi connectivity index (χ0n) is 14.7. The van der Waals surface area contributed by atoms with Crippen LogP contribution in [0.15, 0.2) is 24.3 Å². The summed E-state index contributed by atoms with van der Waals surface area (Å²) >= 11 is 0. The minimum absolute atomic E-state index is 0.0568. The van der Waals surface area contributed by atoms with Crippen LogP contribution in [0.3, 0.4) is 0 Å². The monoisotopic (exact) mass is 306 g/mol. The van der Waals surface area contributed by atoms with Gasteiger partial charge in [-0.3, -0.25) is 0 Å². The number of alkyl carbamates (subject to hydrolysis) is 1. The summed E-state index contributed by atoms with van der Waals surface area (Å²) in [5, 5.41) is 6.41. The Kier molecular flexibility index (Phi) is 6.88. The fourth-order valence-electron chi connectivity index (χ4n) is 2.27. The number of nitrogens with one attached hydrogen (secondary N) is 2. The predicted octanol–water partition coefficient (Wildman–Crippen LogP) is 3.95. The third-order valence-electron chi connectivity index (χ3n) is 3.54. The maximum absolute atomic E-state index is 11.8. The van der Waals surface area contributed by atoms with Gasteiger partial charge in [-0.15, -0.1) is 0 Å². The molecule has 2 unspecified atom stereocenters. The molecule has 2 N–H and O–H groups in total. The summed E-state index contributed by atoms with van der Waals surface area (Å²) in [6.45, 7) is 12.6. The number of benzene rings is 1. The zero-order valence-corrected chi connectivity index (χ0v) is 14.7. The first kappa shape index (κ1) is 18.5. The molecule has 124 valence electrons. The molecule has 0 aliphatic carbocycles. The fraction of sp³-hybridized carbons (Fsp3) is 0.611. The van der Waals surface area contributed by atoms with Crippen molar-refractivity contribution < 1.29 is 9.53 Å². The van der Waals surface area contributed by atoms with E-state index in [1.807, 2.05) is 26.8 Å². The van der Waals surface area contributed by atoms with Gasteiger partial charge in [-0.2, -0.15) is 0 Å². The lowest BCUT2D eigenvalue weighted by Gasteiger charge is -2.25. The van der Waals surface area contributed by atoms with Gasteiger partial charge in [-0.1, -0.05) is 31.2 Å². The van der Waals surface area contributed by atoms with E-state index in [9.17, 15) is 4.79 Å². The molecule has 4 nitrogen and oxygen atoms in total. The molecule has 0 fully saturated rings. The number of hydrogen-bond donors (Lipinski definition) is 2. The highest BCUT2D eigenvalue weighted by Gasteiger charge is 2.19. The summed E-state index contributed by atoms with van der Waals surface area (Å²) in [4.78, 5) is 11.8. The number of rotatable bonds is 6. The first-order valence-electron chi connectivity index (χ1n) is 8.01. The number of hydrogen-bond acceptors (Lipinski definition) is 3. The summed E-state index contributed by atoms with van der Waals surface area (Å²) in [6, 6.07) is 8.65. The summed E-state index contributed by atoms with van der Waals surface area (Å²) in [5.74, 6) is 0. The smallest absolute Gasteiger partial charge is 0.407 e. The molecule has 0 heterocycles. The van der Waals surface area contributed by atoms with Gasteiger partial charge in [0.2, 0.25) is 0 Å². The van der Waals surface area contributed by atoms with E-state index in [1.165, 1.54) is 11.1 Å². The standard InChI is InChI=1S/C18H30N2O2/c1-7-15(20-17(21)22-18(4,5)6)12-19-14(3)16-11-9-8-10-13(16)2/h8-11,14-15,19H,7,12H2,1-6H3,(H,20,21). The molecular weight excluding hydrogens is 276 g/mol. The number of amides is 1. The molecule has 0 spiro atoms. The van der Waals surface area contributed by atoms with Crippen LogP contribution < -0.4 is 10.6 Å². The molecule has 0 radical (unpaired) electrons. The van der Waals surface area contributed by atoms with Crippen LogP contribution in [0.1, 0.15) is 58.2 Å². The van der Waals surface area contributed by atoms with Gasteiger partial charge in [0.15, 0.2) is 0 Å². The van der Waals surface area contributed by atoms with Crippen molar-refractivity contribution in [2.24, 2.45) is 0 Å². The van der Waals surface area contributed by atoms with Crippen molar-refractivity contribution in [3.63, 3.8) is 0 Å². The molecule has 1 rings (SSSR count). The van der Waals surface area contributed by atoms with E-state index in [4.69, 9.17) is 4.74 Å². The van der Waals surface area contributed by atoms with Crippen molar-refractivity contribution in [3.05, 3.63) is 35.4 Å². The Bertz CT molecular complexity index is 480. The predicted molar refractivity (Wildman–Crippen MR) is 91.0 cm³/mol. The second-order valence-corrected chi connectivity index (χ2v) is 6.74. The van der Waals surface area contributed by atoms with Crippen molar-refractivity contribution in [2.45, 2.75) is 65.6 Å². The molecule has 0 saturated carbocycles. The molecule has 0 bridgehead atoms. The van der Waals surface area contributed by atoms with Gasteiger partial charge in [0, 0.05) is 18.6 Å². The second kappa shape index (κ2) is 8.18. The molecular formula is C18H30N2O2. The Morgan fingerprint density at radius 2 is 1.91 bits per heavy atom. The highest BCUT2D eigenvalue weighted by Crippen LogP contribution is 2.16. The van der Waals surface area contributed by atoms with Gasteiger partial charge in [0.25, 0.3) is 0 Å². The van der Waals surface area contributed by atoms with Crippen molar-refractivity contribution in [2.75, 3.05) is 6.54 Å². The number of ether oxygens (including phenoxy) is 1. The first-order valence-corrected chi connectivity index (χ1v) is 8.01. The lowest BCUT2D eigenvalue weighted by molar-refractivity contribution is 0.0502. The van der Waals surface area contributed by atoms with E-state index >= 15 is 0 Å². The summed E-state index contributed by atoms with van der Waals surface area (Å²) in [5.41, 5.74) is 2.09. The van der Waals surface area contributed by atoms with E-state index in [2.05, 4.69) is 49.6 Å². The molecule has 1 aromatic carbocycles. The maximum atomic E-state index is 11.8. The largest absolute Gasteiger partial charge is 0.444 e. The van der Waals surface area contributed by atoms with Crippen LogP contribution in [0.4, 0.5) is 4.79 Å². The minimum Gasteiger partial charge on any atom is -0.444 e. The Morgan fingerprint density at radius 3 is 2.45 bits per heavy atom. The van der Waals surface area contributed by atoms with Gasteiger partial charge in [0.05, 0.1) is 0 Å². The minimum atomic E-state index is -0.468. The molecule has 0 aromatic heterocycles. The number of carbonyl (C=O) groups excluding carboxylic acids is 1. The quantitative estimate of drug-likeness (QED) is 0.836. The van der Waals surface area contributed by atoms with Gasteiger partial charge in [-0.25, -0.2) is 4.79 Å². The average Bonchev–Trinajstić information content (AvgIpc) is 2.41. The second-order valence-electron chi connectivity index (χ2n) is 6.74. The highest BCUT2D eigenvalue weighted by molar-refractivity contribution is 5.68. The lowest BCUT2D eigenvalue weighted by Crippen LogP contribution is -2.44. The fourth-order valence-corrected chi connectivity index (χ4v) is 2.27. The van der Waals surface area contributed by atoms with Crippen LogP contribution in [-0.2, 0) is 4.74 Å². The third-order valence-corrected chi connectivity index (χ3v) is 3.54. The van der Waals surface area contributed by atoms with Gasteiger partial charge >= 0.3 is 6.09 Å². The Hall–Kier alpha value is -1.55. The first-order chi connectivity index (χ1) is 10.2. The molecule has 2 atom stereocenters. The normalized spacial score (nSPS) is 14.3. The Morgan fingerprint density at radius 1 is 1.27 bits per heavy atom. The van der Waals surface area contributed by atoms with Crippen LogP contribution >= 0.6 is 0 Å². The third kappa shape index (κ3) is 6.48. The van der Waals surface area contributed by atoms with E-state index in [0.29, 0.717) is 6.54 Å². The van der Waals surface area contributed by atoms with Gasteiger partial charge in [0.1, 0.15) is 5.60 Å². The summed E-state index contributed by atoms with van der Waals surface area (Å²) in [6.07, 6.45) is 0.497. The molecule has 1 amide bonds. The van der Waals surface area contributed by atoms with Crippen LogP contribution in [0.2, 0.25) is 0 Å². The SMILES string of the molecule is CCC(CNC(C)c1ccccc1C)NC(=O)OC(C)(C)C. The van der Waals surface area contributed by atoms with Gasteiger partial charge < -0.3 is 15.4 Å². The van der Waals surface area contributed by atoms with Crippen LogP contribution in [0.25, 0.3) is 0 Å². The van der Waals surface area contributed by atoms with Crippen LogP contribution in [0, 0.1) is 6.92 Å². The molecule has 4 heteroatoms. The molecule has 0 aliphatic heterocycles. The zero-order chi connectivity index (χ0) is 16.8.